The zero-order valence-electron chi connectivity index (χ0n) is 22.1. The van der Waals surface area contributed by atoms with E-state index < -0.39 is 0 Å². The number of fused-ring (bicyclic) bond motifs is 5. The van der Waals surface area contributed by atoms with Crippen molar-refractivity contribution in [2.75, 3.05) is 26.6 Å². The highest BCUT2D eigenvalue weighted by Crippen LogP contribution is 2.56. The first-order valence-electron chi connectivity index (χ1n) is 12.9. The second-order valence-corrected chi connectivity index (χ2v) is 10.1. The maximum atomic E-state index is 10.9. The lowest BCUT2D eigenvalue weighted by molar-refractivity contribution is 0.370. The van der Waals surface area contributed by atoms with Crippen LogP contribution in [0, 0.1) is 11.3 Å². The summed E-state index contributed by atoms with van der Waals surface area (Å²) in [5, 5.41) is 22.7. The van der Waals surface area contributed by atoms with Gasteiger partial charge in [0.05, 0.1) is 27.4 Å². The summed E-state index contributed by atoms with van der Waals surface area (Å²) in [7, 11) is 4.82. The van der Waals surface area contributed by atoms with Crippen molar-refractivity contribution in [3.8, 4) is 34.1 Å². The fourth-order valence-corrected chi connectivity index (χ4v) is 6.30. The van der Waals surface area contributed by atoms with E-state index in [4.69, 9.17) is 25.4 Å². The highest BCUT2D eigenvalue weighted by atomic mass is 16.5. The summed E-state index contributed by atoms with van der Waals surface area (Å²) in [4.78, 5) is 0. The summed E-state index contributed by atoms with van der Waals surface area (Å²) in [6.45, 7) is 0. The van der Waals surface area contributed by atoms with Crippen LogP contribution in [-0.4, -0.2) is 32.3 Å². The Labute approximate surface area is 227 Å². The highest BCUT2D eigenvalue weighted by Gasteiger charge is 2.44. The topological polar surface area (TPSA) is 110 Å². The lowest BCUT2D eigenvalue weighted by Crippen LogP contribution is -2.31. The summed E-state index contributed by atoms with van der Waals surface area (Å²) in [5.74, 6) is 2.15. The zero-order valence-corrected chi connectivity index (χ0v) is 22.1. The van der Waals surface area contributed by atoms with E-state index in [1.807, 2.05) is 42.5 Å². The smallest absolute Gasteiger partial charge is 0.160 e. The molecule has 1 aliphatic heterocycles. The largest absolute Gasteiger partial charge is 0.504 e. The Hall–Kier alpha value is -4.65. The van der Waals surface area contributed by atoms with Gasteiger partial charge in [0, 0.05) is 28.8 Å². The molecule has 0 saturated carbocycles. The first-order valence-corrected chi connectivity index (χ1v) is 12.9. The van der Waals surface area contributed by atoms with Crippen LogP contribution in [0.1, 0.15) is 39.8 Å². The fraction of sp³-hybridized carbons (Fsp3) is 0.219. The number of hydrogen-bond acceptors (Lipinski definition) is 6. The van der Waals surface area contributed by atoms with Gasteiger partial charge in [0.1, 0.15) is 17.3 Å². The van der Waals surface area contributed by atoms with Crippen LogP contribution in [0.4, 0.5) is 5.69 Å². The SMILES string of the molecule is COc1ccc(-c2cc(O)c(OC)cc2C2Nc3ccc(C(=N)N)cc3C3c4ccccc4CC23)c(OC)c1. The maximum absolute atomic E-state index is 10.9. The van der Waals surface area contributed by atoms with Crippen molar-refractivity contribution < 1.29 is 19.3 Å². The summed E-state index contributed by atoms with van der Waals surface area (Å²) >= 11 is 0. The normalized spacial score (nSPS) is 18.8. The molecule has 4 aromatic rings. The molecular formula is C32H31N3O4. The first kappa shape index (κ1) is 24.7. The average molecular weight is 522 g/mol. The van der Waals surface area contributed by atoms with Gasteiger partial charge in [0.25, 0.3) is 0 Å². The van der Waals surface area contributed by atoms with E-state index in [0.29, 0.717) is 22.8 Å². The second kappa shape index (κ2) is 9.58. The van der Waals surface area contributed by atoms with E-state index in [-0.39, 0.29) is 29.5 Å². The fourth-order valence-electron chi connectivity index (χ4n) is 6.30. The zero-order chi connectivity index (χ0) is 27.3. The van der Waals surface area contributed by atoms with Crippen LogP contribution in [0.25, 0.3) is 11.1 Å². The summed E-state index contributed by atoms with van der Waals surface area (Å²) in [6, 6.07) is 23.8. The molecule has 2 aliphatic rings. The van der Waals surface area contributed by atoms with Gasteiger partial charge in [-0.2, -0.15) is 0 Å². The molecule has 3 atom stereocenters. The van der Waals surface area contributed by atoms with Gasteiger partial charge in [0.15, 0.2) is 11.5 Å². The van der Waals surface area contributed by atoms with Crippen LogP contribution in [0.3, 0.4) is 0 Å². The Morgan fingerprint density at radius 2 is 1.64 bits per heavy atom. The van der Waals surface area contributed by atoms with Gasteiger partial charge >= 0.3 is 0 Å². The van der Waals surface area contributed by atoms with Gasteiger partial charge in [-0.3, -0.25) is 5.41 Å². The number of nitrogens with one attached hydrogen (secondary N) is 2. The molecule has 0 fully saturated rings. The molecule has 5 N–H and O–H groups in total. The molecule has 7 heteroatoms. The number of aromatic hydroxyl groups is 1. The third kappa shape index (κ3) is 4.02. The van der Waals surface area contributed by atoms with Crippen LogP contribution in [-0.2, 0) is 6.42 Å². The van der Waals surface area contributed by atoms with Crippen molar-refractivity contribution >= 4 is 11.5 Å². The lowest BCUT2D eigenvalue weighted by Gasteiger charge is -2.39. The number of phenols is 1. The number of nitrogens with two attached hydrogens (primary N) is 1. The molecule has 1 heterocycles. The van der Waals surface area contributed by atoms with E-state index in [1.54, 1.807) is 27.4 Å². The van der Waals surface area contributed by atoms with E-state index in [9.17, 15) is 5.11 Å². The van der Waals surface area contributed by atoms with Gasteiger partial charge in [-0.1, -0.05) is 24.3 Å². The first-order chi connectivity index (χ1) is 18.9. The quantitative estimate of drug-likeness (QED) is 0.187. The monoisotopic (exact) mass is 521 g/mol. The lowest BCUT2D eigenvalue weighted by atomic mass is 9.74. The Bertz CT molecular complexity index is 1600. The van der Waals surface area contributed by atoms with Crippen molar-refractivity contribution in [1.29, 1.82) is 5.41 Å². The molecule has 0 saturated heterocycles. The van der Waals surface area contributed by atoms with Crippen molar-refractivity contribution in [3.05, 3.63) is 101 Å². The molecule has 0 bridgehead atoms. The number of anilines is 1. The van der Waals surface area contributed by atoms with E-state index in [2.05, 4.69) is 29.6 Å². The van der Waals surface area contributed by atoms with Crippen LogP contribution in [0.5, 0.6) is 23.0 Å². The third-order valence-electron chi connectivity index (χ3n) is 8.10. The van der Waals surface area contributed by atoms with Gasteiger partial charge in [-0.05, 0) is 82.6 Å². The molecule has 0 spiro atoms. The number of benzene rings is 4. The molecule has 6 rings (SSSR count). The van der Waals surface area contributed by atoms with Crippen molar-refractivity contribution in [2.45, 2.75) is 18.4 Å². The van der Waals surface area contributed by atoms with E-state index in [0.717, 1.165) is 34.4 Å². The number of phenolic OH excluding ortho intramolecular Hbond substituents is 1. The van der Waals surface area contributed by atoms with Gasteiger partial charge in [0.2, 0.25) is 0 Å². The number of rotatable bonds is 6. The van der Waals surface area contributed by atoms with Crippen molar-refractivity contribution in [3.63, 3.8) is 0 Å². The molecule has 0 radical (unpaired) electrons. The Morgan fingerprint density at radius 3 is 2.38 bits per heavy atom. The van der Waals surface area contributed by atoms with Gasteiger partial charge in [-0.15, -0.1) is 0 Å². The molecule has 3 unspecified atom stereocenters. The number of hydrogen-bond donors (Lipinski definition) is 4. The molecule has 0 aromatic heterocycles. The maximum Gasteiger partial charge on any atom is 0.160 e. The molecular weight excluding hydrogens is 490 g/mol. The van der Waals surface area contributed by atoms with Crippen LogP contribution >= 0.6 is 0 Å². The summed E-state index contributed by atoms with van der Waals surface area (Å²) < 4.78 is 16.8. The summed E-state index contributed by atoms with van der Waals surface area (Å²) in [6.07, 6.45) is 0.880. The Balaban J connectivity index is 1.57. The van der Waals surface area contributed by atoms with Gasteiger partial charge in [-0.25, -0.2) is 0 Å². The minimum atomic E-state index is -0.102. The van der Waals surface area contributed by atoms with Gasteiger partial charge < -0.3 is 30.4 Å². The standard InChI is InChI=1S/C32H31N3O4/c1-37-19-9-10-21(28(14-19)38-2)22-15-27(36)29(39-3)16-23(22)31-25-12-17-6-4-5-7-20(17)30(25)24-13-18(32(33)34)8-11-26(24)35-31/h4-11,13-16,25,30-31,35-36H,12H2,1-3H3,(H3,33,34). The Morgan fingerprint density at radius 1 is 0.846 bits per heavy atom. The molecule has 39 heavy (non-hydrogen) atoms. The molecule has 198 valence electrons. The van der Waals surface area contributed by atoms with Crippen LogP contribution in [0.2, 0.25) is 0 Å². The number of ether oxygens (including phenoxy) is 3. The number of nitrogen functional groups attached to an aromatic ring is 1. The number of amidine groups is 1. The van der Waals surface area contributed by atoms with Crippen molar-refractivity contribution in [2.24, 2.45) is 11.7 Å². The predicted octanol–water partition coefficient (Wildman–Crippen LogP) is 5.84. The van der Waals surface area contributed by atoms with Crippen molar-refractivity contribution in [1.82, 2.24) is 0 Å². The third-order valence-corrected chi connectivity index (χ3v) is 8.10. The summed E-state index contributed by atoms with van der Waals surface area (Å²) in [5.41, 5.74) is 14.0. The molecule has 7 nitrogen and oxygen atoms in total. The van der Waals surface area contributed by atoms with E-state index in [1.165, 1.54) is 11.1 Å². The average Bonchev–Trinajstić information content (AvgIpc) is 3.36. The predicted molar refractivity (Wildman–Crippen MR) is 152 cm³/mol. The Kier molecular flexibility index (Phi) is 6.06. The molecule has 1 aliphatic carbocycles. The molecule has 0 amide bonds. The molecule has 4 aromatic carbocycles. The minimum Gasteiger partial charge on any atom is -0.504 e. The minimum absolute atomic E-state index is 0.0555. The second-order valence-electron chi connectivity index (χ2n) is 10.1. The highest BCUT2D eigenvalue weighted by molar-refractivity contribution is 5.96. The van der Waals surface area contributed by atoms with Crippen LogP contribution in [0.15, 0.2) is 72.8 Å². The van der Waals surface area contributed by atoms with E-state index >= 15 is 0 Å². The number of methoxy groups -OCH3 is 3. The van der Waals surface area contributed by atoms with Crippen LogP contribution < -0.4 is 25.3 Å².